The van der Waals surface area contributed by atoms with E-state index >= 15 is 0 Å². The summed E-state index contributed by atoms with van der Waals surface area (Å²) in [6, 6.07) is 19.1. The Labute approximate surface area is 135 Å². The number of hydrogen-bond donors (Lipinski definition) is 1. The zero-order valence-electron chi connectivity index (χ0n) is 13.1. The van der Waals surface area contributed by atoms with Crippen LogP contribution < -0.4 is 11.3 Å². The molecule has 116 valence electrons. The molecule has 2 aromatic carbocycles. The van der Waals surface area contributed by atoms with Gasteiger partial charge in [-0.15, -0.1) is 0 Å². The molecule has 0 saturated heterocycles. The maximum atomic E-state index is 12.1. The van der Waals surface area contributed by atoms with Crippen LogP contribution in [-0.4, -0.2) is 9.78 Å². The van der Waals surface area contributed by atoms with Crippen molar-refractivity contribution >= 4 is 5.69 Å². The molecule has 0 spiro atoms. The molecule has 1 heterocycles. The van der Waals surface area contributed by atoms with Gasteiger partial charge in [-0.1, -0.05) is 37.3 Å². The molecule has 0 amide bonds. The average molecular weight is 305 g/mol. The van der Waals surface area contributed by atoms with Gasteiger partial charge in [0.15, 0.2) is 0 Å². The summed E-state index contributed by atoms with van der Waals surface area (Å²) < 4.78 is 1.47. The van der Waals surface area contributed by atoms with Gasteiger partial charge in [-0.25, -0.2) is 4.68 Å². The third-order valence-corrected chi connectivity index (χ3v) is 3.78. The minimum Gasteiger partial charge on any atom is -0.399 e. The summed E-state index contributed by atoms with van der Waals surface area (Å²) in [5.74, 6) is 0. The van der Waals surface area contributed by atoms with Crippen LogP contribution in [0.2, 0.25) is 0 Å². The number of nitrogens with two attached hydrogens (primary N) is 1. The smallest absolute Gasteiger partial charge is 0.267 e. The topological polar surface area (TPSA) is 60.9 Å². The lowest BCUT2D eigenvalue weighted by Crippen LogP contribution is -2.22. The minimum atomic E-state index is -0.122. The first-order valence-electron chi connectivity index (χ1n) is 7.67. The Balaban J connectivity index is 1.97. The molecule has 0 aliphatic carbocycles. The highest BCUT2D eigenvalue weighted by atomic mass is 16.1. The van der Waals surface area contributed by atoms with Crippen LogP contribution in [0, 0.1) is 0 Å². The highest BCUT2D eigenvalue weighted by molar-refractivity contribution is 5.59. The summed E-state index contributed by atoms with van der Waals surface area (Å²) in [7, 11) is 0. The molecule has 0 aliphatic heterocycles. The number of benzene rings is 2. The molecule has 1 aromatic heterocycles. The molecule has 4 nitrogen and oxygen atoms in total. The van der Waals surface area contributed by atoms with Crippen molar-refractivity contribution in [2.24, 2.45) is 0 Å². The van der Waals surface area contributed by atoms with Crippen LogP contribution in [-0.2, 0) is 13.0 Å². The molecule has 2 N–H and O–H groups in total. The van der Waals surface area contributed by atoms with Gasteiger partial charge < -0.3 is 5.73 Å². The number of nitrogen functional groups attached to an aromatic ring is 1. The molecule has 0 atom stereocenters. The Morgan fingerprint density at radius 1 is 1.00 bits per heavy atom. The molecule has 3 aromatic rings. The van der Waals surface area contributed by atoms with Gasteiger partial charge in [-0.05, 0) is 41.8 Å². The Morgan fingerprint density at radius 2 is 1.78 bits per heavy atom. The van der Waals surface area contributed by atoms with Crippen LogP contribution in [0.4, 0.5) is 5.69 Å². The van der Waals surface area contributed by atoms with Crippen molar-refractivity contribution in [2.45, 2.75) is 19.9 Å². The molecule has 0 saturated carbocycles. The molecule has 0 bridgehead atoms. The van der Waals surface area contributed by atoms with Crippen molar-refractivity contribution in [1.82, 2.24) is 9.78 Å². The van der Waals surface area contributed by atoms with E-state index in [1.165, 1.54) is 10.2 Å². The molecular weight excluding hydrogens is 286 g/mol. The average Bonchev–Trinajstić information content (AvgIpc) is 2.57. The van der Waals surface area contributed by atoms with Gasteiger partial charge in [0, 0.05) is 17.3 Å². The van der Waals surface area contributed by atoms with E-state index in [4.69, 9.17) is 5.73 Å². The fourth-order valence-electron chi connectivity index (χ4n) is 2.53. The molecule has 0 radical (unpaired) electrons. The largest absolute Gasteiger partial charge is 0.399 e. The number of nitrogens with zero attached hydrogens (tertiary/aromatic N) is 2. The quantitative estimate of drug-likeness (QED) is 0.753. The summed E-state index contributed by atoms with van der Waals surface area (Å²) in [5.41, 5.74) is 10.4. The number of anilines is 1. The highest BCUT2D eigenvalue weighted by Crippen LogP contribution is 2.17. The second kappa shape index (κ2) is 6.48. The lowest BCUT2D eigenvalue weighted by molar-refractivity contribution is 0.643. The third-order valence-electron chi connectivity index (χ3n) is 3.78. The molecule has 3 rings (SSSR count). The summed E-state index contributed by atoms with van der Waals surface area (Å²) in [6.07, 6.45) is 0.969. The van der Waals surface area contributed by atoms with Gasteiger partial charge in [0.05, 0.1) is 12.2 Å². The zero-order chi connectivity index (χ0) is 16.2. The number of rotatable bonds is 4. The predicted octanol–water partition coefficient (Wildman–Crippen LogP) is 3.10. The van der Waals surface area contributed by atoms with Crippen molar-refractivity contribution in [1.29, 1.82) is 0 Å². The second-order valence-corrected chi connectivity index (χ2v) is 5.51. The first-order valence-corrected chi connectivity index (χ1v) is 7.67. The highest BCUT2D eigenvalue weighted by Gasteiger charge is 2.05. The Morgan fingerprint density at radius 3 is 2.57 bits per heavy atom. The van der Waals surface area contributed by atoms with Crippen molar-refractivity contribution in [2.75, 3.05) is 5.73 Å². The van der Waals surface area contributed by atoms with E-state index in [-0.39, 0.29) is 5.56 Å². The summed E-state index contributed by atoms with van der Waals surface area (Å²) in [6.45, 7) is 2.53. The summed E-state index contributed by atoms with van der Waals surface area (Å²) in [5, 5.41) is 4.51. The van der Waals surface area contributed by atoms with Crippen molar-refractivity contribution in [3.63, 3.8) is 0 Å². The summed E-state index contributed by atoms with van der Waals surface area (Å²) >= 11 is 0. The fourth-order valence-corrected chi connectivity index (χ4v) is 2.53. The third kappa shape index (κ3) is 3.48. The Hall–Kier alpha value is -2.88. The van der Waals surface area contributed by atoms with Gasteiger partial charge in [0.1, 0.15) is 0 Å². The van der Waals surface area contributed by atoms with Crippen molar-refractivity contribution < 1.29 is 0 Å². The van der Waals surface area contributed by atoms with Gasteiger partial charge in [-0.2, -0.15) is 5.10 Å². The number of aryl methyl sites for hydroxylation is 1. The summed E-state index contributed by atoms with van der Waals surface area (Å²) in [4.78, 5) is 12.1. The van der Waals surface area contributed by atoms with E-state index in [0.29, 0.717) is 12.2 Å². The standard InChI is InChI=1S/C19H19N3O/c1-2-14-5-3-7-16(11-14)18-9-10-19(23)22(21-18)13-15-6-4-8-17(20)12-15/h3-12H,2,13,20H2,1H3. The van der Waals surface area contributed by atoms with Crippen LogP contribution in [0.5, 0.6) is 0 Å². The molecule has 0 fully saturated rings. The monoisotopic (exact) mass is 305 g/mol. The van der Waals surface area contributed by atoms with Crippen molar-refractivity contribution in [3.8, 4) is 11.3 Å². The van der Waals surface area contributed by atoms with E-state index in [1.54, 1.807) is 12.1 Å². The zero-order valence-corrected chi connectivity index (χ0v) is 13.1. The van der Waals surface area contributed by atoms with E-state index in [2.05, 4.69) is 24.2 Å². The SMILES string of the molecule is CCc1cccc(-c2ccc(=O)n(Cc3cccc(N)c3)n2)c1. The lowest BCUT2D eigenvalue weighted by atomic mass is 10.1. The van der Waals surface area contributed by atoms with Gasteiger partial charge in [0.25, 0.3) is 5.56 Å². The van der Waals surface area contributed by atoms with Crippen molar-refractivity contribution in [3.05, 3.63) is 82.1 Å². The van der Waals surface area contributed by atoms with E-state index in [0.717, 1.165) is 23.2 Å². The molecule has 0 aliphatic rings. The van der Waals surface area contributed by atoms with E-state index in [9.17, 15) is 4.79 Å². The Bertz CT molecular complexity index is 884. The van der Waals surface area contributed by atoms with Gasteiger partial charge >= 0.3 is 0 Å². The maximum Gasteiger partial charge on any atom is 0.267 e. The number of hydrogen-bond acceptors (Lipinski definition) is 3. The Kier molecular flexibility index (Phi) is 4.24. The van der Waals surface area contributed by atoms with Crippen LogP contribution in [0.1, 0.15) is 18.1 Å². The van der Waals surface area contributed by atoms with Crippen LogP contribution in [0.3, 0.4) is 0 Å². The minimum absolute atomic E-state index is 0.122. The maximum absolute atomic E-state index is 12.1. The second-order valence-electron chi connectivity index (χ2n) is 5.51. The first-order chi connectivity index (χ1) is 11.2. The van der Waals surface area contributed by atoms with Crippen LogP contribution in [0.15, 0.2) is 65.5 Å². The predicted molar refractivity (Wildman–Crippen MR) is 93.3 cm³/mol. The van der Waals surface area contributed by atoms with Crippen LogP contribution in [0.25, 0.3) is 11.3 Å². The van der Waals surface area contributed by atoms with Crippen LogP contribution >= 0.6 is 0 Å². The van der Waals surface area contributed by atoms with Gasteiger partial charge in [-0.3, -0.25) is 4.79 Å². The molecule has 4 heteroatoms. The first kappa shape index (κ1) is 15.0. The molecule has 0 unspecified atom stereocenters. The lowest BCUT2D eigenvalue weighted by Gasteiger charge is -2.08. The fraction of sp³-hybridized carbons (Fsp3) is 0.158. The van der Waals surface area contributed by atoms with Gasteiger partial charge in [0.2, 0.25) is 0 Å². The van der Waals surface area contributed by atoms with E-state index < -0.39 is 0 Å². The molecular formula is C19H19N3O. The normalized spacial score (nSPS) is 10.7. The molecule has 23 heavy (non-hydrogen) atoms. The number of aromatic nitrogens is 2. The van der Waals surface area contributed by atoms with E-state index in [1.807, 2.05) is 36.4 Å².